The second-order valence-electron chi connectivity index (χ2n) is 8.56. The zero-order chi connectivity index (χ0) is 17.5. The van der Waals surface area contributed by atoms with Gasteiger partial charge in [-0.1, -0.05) is 71.8 Å². The lowest BCUT2D eigenvalue weighted by Gasteiger charge is -2.46. The van der Waals surface area contributed by atoms with E-state index in [1.165, 1.54) is 11.8 Å². The summed E-state index contributed by atoms with van der Waals surface area (Å²) < 4.78 is 4.20. The third-order valence-corrected chi connectivity index (χ3v) is 10.8. The van der Waals surface area contributed by atoms with Crippen LogP contribution in [0.3, 0.4) is 0 Å². The first-order chi connectivity index (χ1) is 9.71. The molecule has 1 aromatic rings. The van der Waals surface area contributed by atoms with Gasteiger partial charge in [0.15, 0.2) is 16.5 Å². The molecule has 0 aliphatic carbocycles. The van der Waals surface area contributed by atoms with Gasteiger partial charge in [0.25, 0.3) is 5.56 Å². The Morgan fingerprint density at radius 2 is 1.45 bits per heavy atom. The number of hydrogen-bond acceptors (Lipinski definition) is 5. The van der Waals surface area contributed by atoms with Crippen molar-refractivity contribution in [3.05, 3.63) is 16.0 Å². The minimum absolute atomic E-state index is 0.0169. The third-order valence-electron chi connectivity index (χ3n) is 3.18. The predicted octanol–water partition coefficient (Wildman–Crippen LogP) is 3.27. The lowest BCUT2D eigenvalue weighted by Crippen LogP contribution is -2.68. The van der Waals surface area contributed by atoms with Crippen LogP contribution in [0.5, 0.6) is 0 Å². The van der Waals surface area contributed by atoms with Crippen LogP contribution in [0.2, 0.25) is 39.3 Å². The van der Waals surface area contributed by atoms with Crippen molar-refractivity contribution in [2.45, 2.75) is 70.6 Å². The quantitative estimate of drug-likeness (QED) is 0.611. The van der Waals surface area contributed by atoms with Gasteiger partial charge in [-0.05, 0) is 6.26 Å². The molecule has 0 fully saturated rings. The summed E-state index contributed by atoms with van der Waals surface area (Å²) in [5.41, 5.74) is 0.205. The van der Waals surface area contributed by atoms with Crippen molar-refractivity contribution < 1.29 is 0 Å². The first-order valence-corrected chi connectivity index (χ1v) is 15.7. The van der Waals surface area contributed by atoms with E-state index in [2.05, 4.69) is 53.8 Å². The molecule has 0 amide bonds. The van der Waals surface area contributed by atoms with Gasteiger partial charge in [0.05, 0.1) is 0 Å². The molecule has 22 heavy (non-hydrogen) atoms. The van der Waals surface area contributed by atoms with E-state index in [1.807, 2.05) is 31.7 Å². The monoisotopic (exact) mass is 358 g/mol. The maximum atomic E-state index is 13.2. The molecule has 0 aromatic carbocycles. The highest BCUT2D eigenvalue weighted by Gasteiger charge is 2.38. The van der Waals surface area contributed by atoms with Crippen molar-refractivity contribution in [3.63, 3.8) is 0 Å². The molecule has 0 aliphatic heterocycles. The van der Waals surface area contributed by atoms with Crippen molar-refractivity contribution in [2.75, 3.05) is 10.6 Å². The van der Waals surface area contributed by atoms with Crippen molar-refractivity contribution in [1.82, 2.24) is 14.9 Å². The van der Waals surface area contributed by atoms with Crippen molar-refractivity contribution >= 4 is 28.2 Å². The van der Waals surface area contributed by atoms with Gasteiger partial charge in [0, 0.05) is 5.41 Å². The van der Waals surface area contributed by atoms with E-state index >= 15 is 0 Å². The molecule has 1 aromatic heterocycles. The summed E-state index contributed by atoms with van der Waals surface area (Å²) in [5.74, 6) is 0. The molecule has 0 atom stereocenters. The van der Waals surface area contributed by atoms with Crippen LogP contribution in [0.25, 0.3) is 0 Å². The normalized spacial score (nSPS) is 13.4. The highest BCUT2D eigenvalue weighted by molar-refractivity contribution is 7.98. The van der Waals surface area contributed by atoms with Gasteiger partial charge < -0.3 is 4.34 Å². The maximum absolute atomic E-state index is 13.2. The Morgan fingerprint density at radius 1 is 1.00 bits per heavy atom. The molecule has 0 spiro atoms. The molecule has 0 bridgehead atoms. The van der Waals surface area contributed by atoms with E-state index in [1.54, 1.807) is 0 Å². The number of thioether (sulfide) groups is 1. The van der Waals surface area contributed by atoms with Gasteiger partial charge in [0.2, 0.25) is 5.16 Å². The van der Waals surface area contributed by atoms with Crippen LogP contribution in [0.15, 0.2) is 9.95 Å². The molecule has 8 heteroatoms. The standard InChI is InChI=1S/C14H30N4OSSi2/c1-14(2,3)11-12(19)17(13(20-4)16-15-11)18(21(5,6)7)22(8,9)10/h1-10H3. The average Bonchev–Trinajstić information content (AvgIpc) is 2.26. The topological polar surface area (TPSA) is 51.0 Å². The number of hydrogen-bond donors (Lipinski definition) is 0. The fourth-order valence-corrected chi connectivity index (χ4v) is 13.0. The molecule has 126 valence electrons. The van der Waals surface area contributed by atoms with Gasteiger partial charge >= 0.3 is 0 Å². The Labute approximate surface area is 140 Å². The SMILES string of the molecule is CSc1nnc(C(C)(C)C)c(=O)n1N([Si](C)(C)C)[Si](C)(C)C. The van der Waals surface area contributed by atoms with Crippen LogP contribution in [-0.2, 0) is 5.41 Å². The Hall–Kier alpha value is -0.606. The molecule has 0 saturated carbocycles. The molecular formula is C14H30N4OSSi2. The summed E-state index contributed by atoms with van der Waals surface area (Å²) in [7, 11) is -3.49. The van der Waals surface area contributed by atoms with E-state index in [4.69, 9.17) is 0 Å². The summed E-state index contributed by atoms with van der Waals surface area (Å²) >= 11 is 1.48. The Morgan fingerprint density at radius 3 is 1.77 bits per heavy atom. The molecule has 1 heterocycles. The smallest absolute Gasteiger partial charge is 0.294 e. The lowest BCUT2D eigenvalue weighted by molar-refractivity contribution is 0.510. The van der Waals surface area contributed by atoms with Crippen molar-refractivity contribution in [3.8, 4) is 0 Å². The van der Waals surface area contributed by atoms with Gasteiger partial charge in [-0.3, -0.25) is 4.79 Å². The van der Waals surface area contributed by atoms with Crippen LogP contribution in [0.4, 0.5) is 0 Å². The highest BCUT2D eigenvalue weighted by atomic mass is 32.2. The molecular weight excluding hydrogens is 328 g/mol. The maximum Gasteiger partial charge on any atom is 0.294 e. The predicted molar refractivity (Wildman–Crippen MR) is 102 cm³/mol. The number of nitrogens with zero attached hydrogens (tertiary/aromatic N) is 4. The van der Waals surface area contributed by atoms with E-state index in [0.29, 0.717) is 10.9 Å². The molecule has 0 radical (unpaired) electrons. The average molecular weight is 359 g/mol. The van der Waals surface area contributed by atoms with Gasteiger partial charge in [-0.2, -0.15) is 0 Å². The first kappa shape index (κ1) is 19.4. The molecule has 0 saturated heterocycles. The van der Waals surface area contributed by atoms with E-state index in [0.717, 1.165) is 0 Å². The van der Waals surface area contributed by atoms with Crippen LogP contribution in [0, 0.1) is 0 Å². The second-order valence-corrected chi connectivity index (χ2v) is 19.3. The van der Waals surface area contributed by atoms with Crippen molar-refractivity contribution in [2.24, 2.45) is 0 Å². The van der Waals surface area contributed by atoms with E-state index in [-0.39, 0.29) is 11.0 Å². The molecule has 5 nitrogen and oxygen atoms in total. The van der Waals surface area contributed by atoms with Crippen LogP contribution in [0.1, 0.15) is 26.5 Å². The molecule has 1 rings (SSSR count). The second kappa shape index (κ2) is 6.12. The van der Waals surface area contributed by atoms with Crippen LogP contribution >= 0.6 is 11.8 Å². The molecule has 0 aliphatic rings. The van der Waals surface area contributed by atoms with Crippen LogP contribution in [-0.4, -0.2) is 37.6 Å². The minimum atomic E-state index is -1.75. The third kappa shape index (κ3) is 4.02. The minimum Gasteiger partial charge on any atom is -0.360 e. The fourth-order valence-electron chi connectivity index (χ4n) is 2.75. The molecule has 0 N–H and O–H groups in total. The number of aromatic nitrogens is 3. The van der Waals surface area contributed by atoms with Crippen LogP contribution < -0.4 is 9.90 Å². The van der Waals surface area contributed by atoms with Gasteiger partial charge in [-0.25, -0.2) is 4.68 Å². The highest BCUT2D eigenvalue weighted by Crippen LogP contribution is 2.23. The Balaban J connectivity index is 3.79. The van der Waals surface area contributed by atoms with Gasteiger partial charge in [-0.15, -0.1) is 10.2 Å². The van der Waals surface area contributed by atoms with E-state index < -0.39 is 16.5 Å². The summed E-state index contributed by atoms with van der Waals surface area (Å²) in [4.78, 5) is 13.2. The van der Waals surface area contributed by atoms with E-state index in [9.17, 15) is 4.79 Å². The number of rotatable bonds is 4. The lowest BCUT2D eigenvalue weighted by atomic mass is 9.93. The Kier molecular flexibility index (Phi) is 5.41. The van der Waals surface area contributed by atoms with Crippen molar-refractivity contribution in [1.29, 1.82) is 0 Å². The summed E-state index contributed by atoms with van der Waals surface area (Å²) in [6.45, 7) is 19.7. The molecule has 0 unspecified atom stereocenters. The fraction of sp³-hybridized carbons (Fsp3) is 0.786. The first-order valence-electron chi connectivity index (χ1n) is 7.56. The summed E-state index contributed by atoms with van der Waals surface area (Å²) in [6.07, 6.45) is 1.95. The largest absolute Gasteiger partial charge is 0.360 e. The summed E-state index contributed by atoms with van der Waals surface area (Å²) in [5, 5.41) is 9.26. The van der Waals surface area contributed by atoms with Gasteiger partial charge in [0.1, 0.15) is 5.69 Å². The Bertz CT molecular complexity index is 583. The summed E-state index contributed by atoms with van der Waals surface area (Å²) in [6, 6.07) is 0. The zero-order valence-electron chi connectivity index (χ0n) is 15.6. The zero-order valence-corrected chi connectivity index (χ0v) is 18.4.